The average molecular weight is 729 g/mol. The highest BCUT2D eigenvalue weighted by atomic mass is 32.3. The van der Waals surface area contributed by atoms with E-state index in [1.807, 2.05) is 19.9 Å². The van der Waals surface area contributed by atoms with E-state index in [1.165, 1.54) is 22.0 Å². The zero-order chi connectivity index (χ0) is 35.4. The van der Waals surface area contributed by atoms with E-state index in [1.54, 1.807) is 30.6 Å². The van der Waals surface area contributed by atoms with Crippen molar-refractivity contribution in [3.63, 3.8) is 0 Å². The van der Waals surface area contributed by atoms with Crippen LogP contribution in [0.5, 0.6) is 0 Å². The molecule has 0 unspecified atom stereocenters. The van der Waals surface area contributed by atoms with E-state index in [0.717, 1.165) is 16.9 Å². The van der Waals surface area contributed by atoms with Gasteiger partial charge in [0.1, 0.15) is 42.1 Å². The minimum absolute atomic E-state index is 0.00215. The first-order chi connectivity index (χ1) is 22.8. The summed E-state index contributed by atoms with van der Waals surface area (Å²) in [7, 11) is -4.67. The first kappa shape index (κ1) is 37.9. The number of hydrogen-bond acceptors (Lipinski definition) is 16. The highest BCUT2D eigenvalue weighted by molar-refractivity contribution is 8.00. The molecule has 0 aromatic carbocycles. The first-order valence-electron chi connectivity index (χ1n) is 14.0. The normalized spacial score (nSPS) is 17.6. The molecule has 1 saturated heterocycles. The van der Waals surface area contributed by atoms with Gasteiger partial charge in [-0.15, -0.1) is 23.1 Å². The summed E-state index contributed by atoms with van der Waals surface area (Å²) in [6, 6.07) is 2.58. The Morgan fingerprint density at radius 1 is 1.21 bits per heavy atom. The summed E-state index contributed by atoms with van der Waals surface area (Å²) in [4.78, 5) is 60.6. The Hall–Kier alpha value is -4.57. The Kier molecular flexibility index (Phi) is 13.8. The summed E-state index contributed by atoms with van der Waals surface area (Å²) < 4.78 is 47.1. The molecular weight excluding hydrogens is 697 g/mol. The van der Waals surface area contributed by atoms with Crippen LogP contribution in [0.3, 0.4) is 0 Å². The van der Waals surface area contributed by atoms with Gasteiger partial charge in [-0.2, -0.15) is 8.42 Å². The molecule has 0 saturated carbocycles. The first-order valence-corrected chi connectivity index (χ1v) is 17.3. The maximum atomic E-state index is 13.3. The lowest BCUT2D eigenvalue weighted by Crippen LogP contribution is -2.71. The minimum atomic E-state index is -4.67. The van der Waals surface area contributed by atoms with Gasteiger partial charge in [-0.05, 0) is 30.0 Å². The second-order valence-electron chi connectivity index (χ2n) is 9.61. The number of β-lactam (4-membered cyclic amide) rings is 1. The molecule has 18 nitrogen and oxygen atoms in total. The Bertz CT molecular complexity index is 1670. The number of esters is 1. The molecule has 4 rings (SSSR count). The molecule has 21 heteroatoms. The number of thiazole rings is 1. The molecule has 1 fully saturated rings. The lowest BCUT2D eigenvalue weighted by molar-refractivity contribution is -0.153. The number of rotatable bonds is 12. The van der Waals surface area contributed by atoms with Crippen LogP contribution in [-0.4, -0.2) is 104 Å². The van der Waals surface area contributed by atoms with E-state index in [9.17, 15) is 24.4 Å². The maximum Gasteiger partial charge on any atom is 0.508 e. The summed E-state index contributed by atoms with van der Waals surface area (Å²) in [5.41, 5.74) is 6.55. The van der Waals surface area contributed by atoms with Gasteiger partial charge in [0.2, 0.25) is 0 Å². The van der Waals surface area contributed by atoms with Crippen LogP contribution in [0, 0.1) is 0 Å². The van der Waals surface area contributed by atoms with Gasteiger partial charge >= 0.3 is 22.5 Å². The van der Waals surface area contributed by atoms with Crippen molar-refractivity contribution in [1.82, 2.24) is 20.2 Å². The number of ether oxygens (including phenoxy) is 3. The van der Waals surface area contributed by atoms with Crippen molar-refractivity contribution in [2.24, 2.45) is 5.16 Å². The zero-order valence-corrected chi connectivity index (χ0v) is 27.9. The maximum absolute atomic E-state index is 13.3. The number of amides is 2. The smallest absolute Gasteiger partial charge is 0.457 e. The van der Waals surface area contributed by atoms with Crippen LogP contribution in [0.1, 0.15) is 37.9 Å². The molecule has 48 heavy (non-hydrogen) atoms. The van der Waals surface area contributed by atoms with Crippen molar-refractivity contribution in [2.45, 2.75) is 44.2 Å². The van der Waals surface area contributed by atoms with Crippen molar-refractivity contribution in [2.75, 3.05) is 24.7 Å². The number of thioether (sulfide) groups is 1. The molecule has 0 bridgehead atoms. The topological polar surface area (TPSA) is 270 Å². The largest absolute Gasteiger partial charge is 0.508 e. The molecule has 0 aliphatic carbocycles. The second-order valence-corrected chi connectivity index (χ2v) is 12.5. The SMILES string of the molecule is CCC(CC)OC(=O)OCCOC(=O)C1=C(/C=C\c2cccnc2)CS[C@H]2[C@H](NC(=O)C(=NO)c3csc(N)n3)C(=O)N12.O=S(=O)(O)O. The van der Waals surface area contributed by atoms with Gasteiger partial charge in [-0.3, -0.25) is 28.6 Å². The fraction of sp³-hybridized carbons (Fsp3) is 0.370. The van der Waals surface area contributed by atoms with Gasteiger partial charge in [-0.1, -0.05) is 37.2 Å². The van der Waals surface area contributed by atoms with Gasteiger partial charge in [0.05, 0.1) is 0 Å². The molecule has 2 aromatic heterocycles. The van der Waals surface area contributed by atoms with E-state index >= 15 is 0 Å². The van der Waals surface area contributed by atoms with Crippen molar-refractivity contribution < 1.29 is 56.1 Å². The number of aromatic nitrogens is 2. The van der Waals surface area contributed by atoms with Crippen LogP contribution < -0.4 is 11.1 Å². The number of hydrogen-bond donors (Lipinski definition) is 5. The van der Waals surface area contributed by atoms with Gasteiger partial charge < -0.3 is 30.5 Å². The third-order valence-corrected chi connectivity index (χ3v) is 8.40. The predicted octanol–water partition coefficient (Wildman–Crippen LogP) is 1.90. The highest BCUT2D eigenvalue weighted by Crippen LogP contribution is 2.41. The van der Waals surface area contributed by atoms with Gasteiger partial charge in [0.25, 0.3) is 11.8 Å². The molecular formula is C27H32N6O12S3. The Morgan fingerprint density at radius 3 is 2.48 bits per heavy atom. The summed E-state index contributed by atoms with van der Waals surface area (Å²) >= 11 is 2.39. The number of nitrogens with zero attached hydrogens (tertiary/aromatic N) is 4. The number of nitrogen functional groups attached to an aromatic ring is 1. The quantitative estimate of drug-likeness (QED) is 0.0397. The summed E-state index contributed by atoms with van der Waals surface area (Å²) in [5.74, 6) is -1.89. The number of carbonyl (C=O) groups excluding carboxylic acids is 4. The highest BCUT2D eigenvalue weighted by Gasteiger charge is 2.54. The third-order valence-electron chi connectivity index (χ3n) is 6.43. The molecule has 260 valence electrons. The third kappa shape index (κ3) is 10.7. The fourth-order valence-electron chi connectivity index (χ4n) is 4.20. The van der Waals surface area contributed by atoms with Crippen LogP contribution in [0.2, 0.25) is 0 Å². The van der Waals surface area contributed by atoms with E-state index < -0.39 is 51.5 Å². The minimum Gasteiger partial charge on any atom is -0.457 e. The van der Waals surface area contributed by atoms with Gasteiger partial charge in [0.15, 0.2) is 10.8 Å². The van der Waals surface area contributed by atoms with E-state index in [-0.39, 0.29) is 35.8 Å². The molecule has 0 spiro atoms. The number of anilines is 1. The van der Waals surface area contributed by atoms with Crippen molar-refractivity contribution >= 4 is 74.4 Å². The Labute approximate surface area is 282 Å². The molecule has 2 aliphatic heterocycles. The van der Waals surface area contributed by atoms with E-state index in [4.69, 9.17) is 37.5 Å². The average Bonchev–Trinajstić information content (AvgIpc) is 3.48. The summed E-state index contributed by atoms with van der Waals surface area (Å²) in [6.45, 7) is 3.26. The zero-order valence-electron chi connectivity index (χ0n) is 25.4. The number of oxime groups is 1. The monoisotopic (exact) mass is 728 g/mol. The number of nitrogens with two attached hydrogens (primary N) is 1. The van der Waals surface area contributed by atoms with E-state index in [2.05, 4.69) is 20.4 Å². The Balaban J connectivity index is 0.00000116. The lowest BCUT2D eigenvalue weighted by Gasteiger charge is -2.49. The van der Waals surface area contributed by atoms with Crippen molar-refractivity contribution in [1.29, 1.82) is 0 Å². The van der Waals surface area contributed by atoms with Crippen LogP contribution in [0.25, 0.3) is 6.08 Å². The number of carbonyl (C=O) groups is 4. The molecule has 6 N–H and O–H groups in total. The van der Waals surface area contributed by atoms with Gasteiger partial charge in [0, 0.05) is 23.5 Å². The van der Waals surface area contributed by atoms with Crippen LogP contribution in [0.4, 0.5) is 9.93 Å². The predicted molar refractivity (Wildman–Crippen MR) is 172 cm³/mol. The molecule has 4 heterocycles. The van der Waals surface area contributed by atoms with Crippen LogP contribution >= 0.6 is 23.1 Å². The number of allylic oxidation sites excluding steroid dienone is 1. The second kappa shape index (κ2) is 17.5. The number of fused-ring (bicyclic) bond motifs is 1. The van der Waals surface area contributed by atoms with Crippen molar-refractivity contribution in [3.05, 3.63) is 58.5 Å². The van der Waals surface area contributed by atoms with E-state index in [0.29, 0.717) is 24.2 Å². The molecule has 0 radical (unpaired) electrons. The van der Waals surface area contributed by atoms with Crippen molar-refractivity contribution in [3.8, 4) is 0 Å². The fourth-order valence-corrected chi connectivity index (χ4v) is 6.07. The van der Waals surface area contributed by atoms with Crippen LogP contribution in [0.15, 0.2) is 52.4 Å². The lowest BCUT2D eigenvalue weighted by atomic mass is 10.0. The number of pyridine rings is 1. The molecule has 2 aliphatic rings. The van der Waals surface area contributed by atoms with Crippen LogP contribution in [-0.2, 0) is 39.0 Å². The number of nitrogens with one attached hydrogen (secondary N) is 1. The Morgan fingerprint density at radius 2 is 1.90 bits per heavy atom. The molecule has 2 aromatic rings. The molecule has 2 amide bonds. The standard InChI is InChI=1S/C27H30N6O8S2.H2O4S/c1-3-17(4-2)41-27(37)40-11-10-39-25(36)21-16(8-7-15-6-5-9-29-12-15)13-42-24-20(23(35)33(21)24)31-22(34)19(32-38)18-14-43-26(28)30-18;1-5(2,3)4/h5-9,12,14,17,20,24,38H,3-4,10-11,13H2,1-2H3,(H2,28,30)(H,31,34);(H2,1,2,3,4)/b8-7-,32-19?;/t20-,24+;/m1./s1. The molecule has 2 atom stereocenters. The summed E-state index contributed by atoms with van der Waals surface area (Å²) in [5, 5.41) is 16.0. The summed E-state index contributed by atoms with van der Waals surface area (Å²) in [6.07, 6.45) is 6.87. The van der Waals surface area contributed by atoms with Gasteiger partial charge in [-0.25, -0.2) is 14.6 Å².